The number of aromatic nitrogens is 5. The third kappa shape index (κ3) is 3.26. The van der Waals surface area contributed by atoms with Crippen molar-refractivity contribution in [1.29, 1.82) is 0 Å². The second-order valence-electron chi connectivity index (χ2n) is 5.71. The Morgan fingerprint density at radius 3 is 2.89 bits per heavy atom. The maximum Gasteiger partial charge on any atom is 0.231 e. The fraction of sp³-hybridized carbons (Fsp3) is 0.111. The third-order valence-corrected chi connectivity index (χ3v) is 5.86. The van der Waals surface area contributed by atoms with E-state index in [2.05, 4.69) is 20.9 Å². The van der Waals surface area contributed by atoms with E-state index >= 15 is 0 Å². The molecule has 4 aromatic rings. The van der Waals surface area contributed by atoms with Gasteiger partial charge in [-0.05, 0) is 40.8 Å². The molecule has 0 fully saturated rings. The minimum absolute atomic E-state index is 0.272. The molecule has 5 rings (SSSR count). The molecular formula is C18H13N5O2S2. The molecule has 134 valence electrons. The van der Waals surface area contributed by atoms with Gasteiger partial charge in [0.15, 0.2) is 11.5 Å². The minimum atomic E-state index is 0.272. The molecule has 0 aliphatic carbocycles. The van der Waals surface area contributed by atoms with Gasteiger partial charge in [-0.25, -0.2) is 4.98 Å². The normalized spacial score (nSPS) is 12.4. The summed E-state index contributed by atoms with van der Waals surface area (Å²) in [6.45, 7) is 0.272. The summed E-state index contributed by atoms with van der Waals surface area (Å²) < 4.78 is 12.5. The van der Waals surface area contributed by atoms with Gasteiger partial charge in [0, 0.05) is 16.7 Å². The largest absolute Gasteiger partial charge is 0.454 e. The highest BCUT2D eigenvalue weighted by Gasteiger charge is 2.16. The van der Waals surface area contributed by atoms with E-state index in [1.807, 2.05) is 48.5 Å². The molecule has 0 N–H and O–H groups in total. The number of para-hydroxylation sites is 1. The first kappa shape index (κ1) is 16.3. The van der Waals surface area contributed by atoms with Crippen LogP contribution in [0.4, 0.5) is 0 Å². The minimum Gasteiger partial charge on any atom is -0.454 e. The molecule has 0 saturated heterocycles. The highest BCUT2D eigenvalue weighted by atomic mass is 32.2. The van der Waals surface area contributed by atoms with E-state index in [1.165, 1.54) is 0 Å². The van der Waals surface area contributed by atoms with E-state index in [0.29, 0.717) is 5.75 Å². The Morgan fingerprint density at radius 1 is 1.07 bits per heavy atom. The van der Waals surface area contributed by atoms with Gasteiger partial charge >= 0.3 is 0 Å². The molecule has 2 aromatic heterocycles. The molecule has 0 spiro atoms. The van der Waals surface area contributed by atoms with Crippen LogP contribution in [0.2, 0.25) is 0 Å². The average molecular weight is 395 g/mol. The van der Waals surface area contributed by atoms with E-state index in [1.54, 1.807) is 27.8 Å². The van der Waals surface area contributed by atoms with Gasteiger partial charge in [-0.1, -0.05) is 30.0 Å². The van der Waals surface area contributed by atoms with Crippen LogP contribution in [0.15, 0.2) is 59.1 Å². The molecule has 0 bridgehead atoms. The topological polar surface area (TPSA) is 75.0 Å². The molecule has 0 atom stereocenters. The van der Waals surface area contributed by atoms with E-state index in [9.17, 15) is 0 Å². The van der Waals surface area contributed by atoms with Crippen molar-refractivity contribution in [3.8, 4) is 27.8 Å². The maximum absolute atomic E-state index is 5.44. The van der Waals surface area contributed by atoms with Gasteiger partial charge in [0.1, 0.15) is 5.01 Å². The number of hydrogen-bond donors (Lipinski definition) is 0. The molecule has 1 aliphatic heterocycles. The van der Waals surface area contributed by atoms with Crippen LogP contribution in [-0.2, 0) is 5.75 Å². The van der Waals surface area contributed by atoms with Gasteiger partial charge in [-0.3, -0.25) is 0 Å². The number of ether oxygens (including phenoxy) is 2. The molecule has 0 radical (unpaired) electrons. The smallest absolute Gasteiger partial charge is 0.231 e. The van der Waals surface area contributed by atoms with Crippen LogP contribution >= 0.6 is 23.1 Å². The molecule has 0 saturated carbocycles. The Hall–Kier alpha value is -2.91. The van der Waals surface area contributed by atoms with Gasteiger partial charge in [0.05, 0.1) is 11.4 Å². The van der Waals surface area contributed by atoms with Crippen LogP contribution in [0, 0.1) is 0 Å². The summed E-state index contributed by atoms with van der Waals surface area (Å²) in [7, 11) is 0. The monoisotopic (exact) mass is 395 g/mol. The lowest BCUT2D eigenvalue weighted by molar-refractivity contribution is 0.174. The highest BCUT2D eigenvalue weighted by Crippen LogP contribution is 2.37. The maximum atomic E-state index is 5.44. The lowest BCUT2D eigenvalue weighted by Gasteiger charge is -2.02. The van der Waals surface area contributed by atoms with E-state index in [0.717, 1.165) is 38.6 Å². The number of tetrazole rings is 1. The van der Waals surface area contributed by atoms with E-state index < -0.39 is 0 Å². The number of nitrogens with zero attached hydrogens (tertiary/aromatic N) is 5. The van der Waals surface area contributed by atoms with Gasteiger partial charge < -0.3 is 9.47 Å². The van der Waals surface area contributed by atoms with Gasteiger partial charge in [-0.2, -0.15) is 4.68 Å². The summed E-state index contributed by atoms with van der Waals surface area (Å²) in [4.78, 5) is 4.73. The predicted octanol–water partition coefficient (Wildman–Crippen LogP) is 3.81. The van der Waals surface area contributed by atoms with Gasteiger partial charge in [-0.15, -0.1) is 16.4 Å². The summed E-state index contributed by atoms with van der Waals surface area (Å²) in [5.41, 5.74) is 2.94. The van der Waals surface area contributed by atoms with Gasteiger partial charge in [0.25, 0.3) is 0 Å². The fourth-order valence-corrected chi connectivity index (χ4v) is 4.38. The molecule has 7 nitrogen and oxygen atoms in total. The van der Waals surface area contributed by atoms with E-state index in [-0.39, 0.29) is 6.79 Å². The van der Waals surface area contributed by atoms with Crippen molar-refractivity contribution in [3.63, 3.8) is 0 Å². The summed E-state index contributed by atoms with van der Waals surface area (Å²) in [5.74, 6) is 2.23. The average Bonchev–Trinajstić information content (AvgIpc) is 3.46. The van der Waals surface area contributed by atoms with Crippen molar-refractivity contribution in [2.45, 2.75) is 10.9 Å². The van der Waals surface area contributed by atoms with Crippen LogP contribution in [0.25, 0.3) is 16.3 Å². The molecule has 2 aromatic carbocycles. The Balaban J connectivity index is 1.32. The quantitative estimate of drug-likeness (QED) is 0.476. The first-order valence-electron chi connectivity index (χ1n) is 8.18. The molecule has 27 heavy (non-hydrogen) atoms. The zero-order chi connectivity index (χ0) is 18.1. The number of hydrogen-bond acceptors (Lipinski definition) is 8. The molecule has 9 heteroatoms. The highest BCUT2D eigenvalue weighted by molar-refractivity contribution is 7.98. The van der Waals surface area contributed by atoms with Crippen LogP contribution in [-0.4, -0.2) is 32.0 Å². The molecular weight excluding hydrogens is 382 g/mol. The Labute approximate surface area is 163 Å². The number of thioether (sulfide) groups is 1. The molecule has 3 heterocycles. The SMILES string of the molecule is c1ccc(-n2nnnc2SCc2csc(-c3ccc4c(c3)OCO4)n2)cc1. The standard InChI is InChI=1S/C18H13N5O2S2/c1-2-4-14(5-3-1)23-18(20-21-22-23)27-10-13-9-26-17(19-13)12-6-7-15-16(8-12)25-11-24-15/h1-9H,10-11H2. The number of thiazole rings is 1. The molecule has 0 unspecified atom stereocenters. The summed E-state index contributed by atoms with van der Waals surface area (Å²) in [5, 5.41) is 15.7. The third-order valence-electron chi connectivity index (χ3n) is 3.96. The molecule has 0 amide bonds. The van der Waals surface area contributed by atoms with Crippen molar-refractivity contribution < 1.29 is 9.47 Å². The van der Waals surface area contributed by atoms with Crippen LogP contribution in [0.5, 0.6) is 11.5 Å². The number of benzene rings is 2. The van der Waals surface area contributed by atoms with Crippen molar-refractivity contribution in [2.24, 2.45) is 0 Å². The zero-order valence-electron chi connectivity index (χ0n) is 14.0. The lowest BCUT2D eigenvalue weighted by Crippen LogP contribution is -1.98. The second-order valence-corrected chi connectivity index (χ2v) is 7.51. The van der Waals surface area contributed by atoms with Crippen LogP contribution in [0.1, 0.15) is 5.69 Å². The second kappa shape index (κ2) is 7.01. The van der Waals surface area contributed by atoms with Crippen LogP contribution in [0.3, 0.4) is 0 Å². The van der Waals surface area contributed by atoms with Crippen molar-refractivity contribution in [2.75, 3.05) is 6.79 Å². The van der Waals surface area contributed by atoms with Crippen molar-refractivity contribution in [3.05, 3.63) is 59.6 Å². The van der Waals surface area contributed by atoms with Gasteiger partial charge in [0.2, 0.25) is 11.9 Å². The predicted molar refractivity (Wildman–Crippen MR) is 102 cm³/mol. The first-order valence-corrected chi connectivity index (χ1v) is 10.0. The number of rotatable bonds is 5. The fourth-order valence-electron chi connectivity index (χ4n) is 2.67. The first-order chi connectivity index (χ1) is 13.4. The Morgan fingerprint density at radius 2 is 1.96 bits per heavy atom. The lowest BCUT2D eigenvalue weighted by atomic mass is 10.2. The van der Waals surface area contributed by atoms with Crippen molar-refractivity contribution >= 4 is 23.1 Å². The molecule has 1 aliphatic rings. The number of fused-ring (bicyclic) bond motifs is 1. The van der Waals surface area contributed by atoms with Crippen LogP contribution < -0.4 is 9.47 Å². The van der Waals surface area contributed by atoms with Crippen molar-refractivity contribution in [1.82, 2.24) is 25.2 Å². The summed E-state index contributed by atoms with van der Waals surface area (Å²) >= 11 is 3.16. The zero-order valence-corrected chi connectivity index (χ0v) is 15.6. The van der Waals surface area contributed by atoms with E-state index in [4.69, 9.17) is 14.5 Å². The summed E-state index contributed by atoms with van der Waals surface area (Å²) in [6.07, 6.45) is 0. The summed E-state index contributed by atoms with van der Waals surface area (Å²) in [6, 6.07) is 15.7. The Bertz CT molecular complexity index is 1080. The Kier molecular flexibility index (Phi) is 4.23.